The first-order valence-electron chi connectivity index (χ1n) is 15.7. The number of unbranched alkanes of at least 4 members (excludes halogenated alkanes) is 2. The molecule has 1 aromatic rings. The highest BCUT2D eigenvalue weighted by Gasteiger charge is 2.47. The molecule has 1 N–H and O–H groups in total. The van der Waals surface area contributed by atoms with E-state index in [1.807, 2.05) is 28.9 Å². The Kier molecular flexibility index (Phi) is 12.5. The molecule has 2 aliphatic heterocycles. The molecule has 2 heterocycles. The Bertz CT molecular complexity index is 1110. The number of methoxy groups -OCH3 is 1. The summed E-state index contributed by atoms with van der Waals surface area (Å²) >= 11 is 0. The fraction of sp³-hybridized carbons (Fsp3) is 0.719. The summed E-state index contributed by atoms with van der Waals surface area (Å²) in [6.07, 6.45) is 4.32. The van der Waals surface area contributed by atoms with Gasteiger partial charge < -0.3 is 33.6 Å². The van der Waals surface area contributed by atoms with Crippen molar-refractivity contribution in [1.82, 2.24) is 14.7 Å². The summed E-state index contributed by atoms with van der Waals surface area (Å²) in [5.74, 6) is -0.599. The monoisotopic (exact) mass is 605 g/mol. The Morgan fingerprint density at radius 1 is 1.05 bits per heavy atom. The summed E-state index contributed by atoms with van der Waals surface area (Å²) in [4.78, 5) is 44.6. The van der Waals surface area contributed by atoms with Crippen molar-refractivity contribution in [3.05, 3.63) is 17.7 Å². The topological polar surface area (TPSA) is 109 Å². The molecule has 0 bridgehead atoms. The number of fused-ring (bicyclic) bond motifs is 1. The SMILES string of the molecule is CCCCN(CCCC[N+](C)(C)C)C(=O)CN1CC(c2cc(OC)c3c(c2)OCO3)C(C(=O)O)C1CCN(CC)C(C)=O. The Balaban J connectivity index is 1.89. The molecule has 0 saturated carbocycles. The van der Waals surface area contributed by atoms with Crippen LogP contribution in [0.15, 0.2) is 12.1 Å². The first kappa shape index (κ1) is 34.4. The highest BCUT2D eigenvalue weighted by atomic mass is 16.7. The van der Waals surface area contributed by atoms with Gasteiger partial charge in [-0.25, -0.2) is 0 Å². The van der Waals surface area contributed by atoms with Gasteiger partial charge in [-0.3, -0.25) is 19.3 Å². The van der Waals surface area contributed by atoms with E-state index in [0.717, 1.165) is 42.3 Å². The molecule has 1 saturated heterocycles. The number of likely N-dealkylation sites (tertiary alicyclic amines) is 1. The number of hydrogen-bond donors (Lipinski definition) is 1. The van der Waals surface area contributed by atoms with E-state index < -0.39 is 23.8 Å². The third kappa shape index (κ3) is 9.22. The number of nitrogens with zero attached hydrogens (tertiary/aromatic N) is 4. The second-order valence-corrected chi connectivity index (χ2v) is 12.8. The molecule has 11 nitrogen and oxygen atoms in total. The van der Waals surface area contributed by atoms with Gasteiger partial charge in [-0.05, 0) is 50.3 Å². The van der Waals surface area contributed by atoms with Crippen LogP contribution in [0, 0.1) is 5.92 Å². The van der Waals surface area contributed by atoms with Crippen molar-refractivity contribution in [2.24, 2.45) is 5.92 Å². The van der Waals surface area contributed by atoms with Gasteiger partial charge in [-0.15, -0.1) is 0 Å². The van der Waals surface area contributed by atoms with Crippen molar-refractivity contribution >= 4 is 17.8 Å². The van der Waals surface area contributed by atoms with Crippen LogP contribution < -0.4 is 14.2 Å². The van der Waals surface area contributed by atoms with E-state index in [2.05, 4.69) is 28.1 Å². The minimum atomic E-state index is -0.921. The van der Waals surface area contributed by atoms with Gasteiger partial charge >= 0.3 is 5.97 Å². The van der Waals surface area contributed by atoms with E-state index in [-0.39, 0.29) is 25.2 Å². The van der Waals surface area contributed by atoms with Gasteiger partial charge in [0.1, 0.15) is 0 Å². The molecule has 3 unspecified atom stereocenters. The average molecular weight is 606 g/mol. The maximum atomic E-state index is 13.8. The smallest absolute Gasteiger partial charge is 0.308 e. The Morgan fingerprint density at radius 2 is 1.77 bits per heavy atom. The van der Waals surface area contributed by atoms with Crippen molar-refractivity contribution in [3.63, 3.8) is 0 Å². The van der Waals surface area contributed by atoms with Gasteiger partial charge in [0.15, 0.2) is 11.5 Å². The van der Waals surface area contributed by atoms with Gasteiger partial charge in [0.05, 0.1) is 47.3 Å². The van der Waals surface area contributed by atoms with Crippen LogP contribution in [0.3, 0.4) is 0 Å². The maximum absolute atomic E-state index is 13.8. The highest BCUT2D eigenvalue weighted by molar-refractivity contribution is 5.79. The van der Waals surface area contributed by atoms with Crippen LogP contribution in [-0.2, 0) is 14.4 Å². The lowest BCUT2D eigenvalue weighted by molar-refractivity contribution is -0.870. The predicted molar refractivity (Wildman–Crippen MR) is 165 cm³/mol. The molecule has 3 atom stereocenters. The van der Waals surface area contributed by atoms with Crippen molar-refractivity contribution in [1.29, 1.82) is 0 Å². The maximum Gasteiger partial charge on any atom is 0.308 e. The molecule has 0 radical (unpaired) electrons. The van der Waals surface area contributed by atoms with Gasteiger partial charge in [0.25, 0.3) is 0 Å². The summed E-state index contributed by atoms with van der Waals surface area (Å²) in [5.41, 5.74) is 0.774. The van der Waals surface area contributed by atoms with E-state index in [9.17, 15) is 19.5 Å². The van der Waals surface area contributed by atoms with Crippen LogP contribution in [0.1, 0.15) is 64.4 Å². The minimum absolute atomic E-state index is 0.0238. The number of amides is 2. The zero-order chi connectivity index (χ0) is 31.7. The number of carbonyl (C=O) groups excluding carboxylic acids is 2. The number of quaternary nitrogens is 1. The standard InChI is InChI=1S/C32H52N4O7/c1-8-10-14-34(15-11-12-17-36(4,5)6)29(38)21-35-20-25(24-18-27(41-7)31-28(19-24)42-22-43-31)30(32(39)40)26(35)13-16-33(9-2)23(3)37/h18-19,25-26,30H,8-17,20-22H2,1-7H3/p+1. The number of benzene rings is 1. The Labute approximate surface area is 257 Å². The van der Waals surface area contributed by atoms with Crippen LogP contribution in [0.5, 0.6) is 17.2 Å². The van der Waals surface area contributed by atoms with Crippen molar-refractivity contribution < 1.29 is 38.2 Å². The zero-order valence-corrected chi connectivity index (χ0v) is 27.3. The lowest BCUT2D eigenvalue weighted by atomic mass is 9.84. The van der Waals surface area contributed by atoms with Gasteiger partial charge in [-0.1, -0.05) is 13.3 Å². The third-order valence-electron chi connectivity index (χ3n) is 8.64. The fourth-order valence-electron chi connectivity index (χ4n) is 6.25. The summed E-state index contributed by atoms with van der Waals surface area (Å²) in [7, 11) is 8.06. The van der Waals surface area contributed by atoms with Crippen LogP contribution in [-0.4, -0.2) is 129 Å². The number of rotatable bonds is 17. The summed E-state index contributed by atoms with van der Waals surface area (Å²) in [6, 6.07) is 3.23. The normalized spacial score (nSPS) is 19.8. The molecule has 242 valence electrons. The molecule has 11 heteroatoms. The number of carboxylic acid groups (broad SMARTS) is 1. The molecule has 0 aromatic heterocycles. The molecule has 2 amide bonds. The number of hydrogen-bond acceptors (Lipinski definition) is 7. The Hall–Kier alpha value is -3.05. The Morgan fingerprint density at radius 3 is 2.37 bits per heavy atom. The summed E-state index contributed by atoms with van der Waals surface area (Å²) in [5, 5.41) is 10.6. The van der Waals surface area contributed by atoms with Gasteiger partial charge in [0, 0.05) is 51.6 Å². The summed E-state index contributed by atoms with van der Waals surface area (Å²) < 4.78 is 17.6. The number of carboxylic acids is 1. The van der Waals surface area contributed by atoms with Crippen LogP contribution in [0.25, 0.3) is 0 Å². The van der Waals surface area contributed by atoms with Crippen molar-refractivity contribution in [2.45, 2.75) is 64.8 Å². The minimum Gasteiger partial charge on any atom is -0.493 e. The van der Waals surface area contributed by atoms with Gasteiger partial charge in [0.2, 0.25) is 24.4 Å². The third-order valence-corrected chi connectivity index (χ3v) is 8.64. The van der Waals surface area contributed by atoms with Crippen LogP contribution in [0.4, 0.5) is 0 Å². The van der Waals surface area contributed by atoms with Crippen LogP contribution in [0.2, 0.25) is 0 Å². The van der Waals surface area contributed by atoms with E-state index in [1.54, 1.807) is 12.0 Å². The first-order valence-corrected chi connectivity index (χ1v) is 15.7. The molecular weight excluding hydrogens is 552 g/mol. The quantitative estimate of drug-likeness (QED) is 0.213. The largest absolute Gasteiger partial charge is 0.493 e. The van der Waals surface area contributed by atoms with Crippen LogP contribution >= 0.6 is 0 Å². The zero-order valence-electron chi connectivity index (χ0n) is 27.3. The van der Waals surface area contributed by atoms with Crippen molar-refractivity contribution in [2.75, 3.05) is 80.9 Å². The van der Waals surface area contributed by atoms with Crippen molar-refractivity contribution in [3.8, 4) is 17.2 Å². The lowest BCUT2D eigenvalue weighted by Crippen LogP contribution is -2.46. The predicted octanol–water partition coefficient (Wildman–Crippen LogP) is 3.27. The van der Waals surface area contributed by atoms with E-state index in [1.165, 1.54) is 6.92 Å². The van der Waals surface area contributed by atoms with E-state index in [0.29, 0.717) is 56.4 Å². The van der Waals surface area contributed by atoms with E-state index >= 15 is 0 Å². The average Bonchev–Trinajstić information content (AvgIpc) is 3.56. The lowest BCUT2D eigenvalue weighted by Gasteiger charge is -2.31. The molecule has 1 fully saturated rings. The number of ether oxygens (including phenoxy) is 3. The molecule has 2 aliphatic rings. The first-order chi connectivity index (χ1) is 20.4. The molecule has 43 heavy (non-hydrogen) atoms. The molecule has 0 spiro atoms. The fourth-order valence-corrected chi connectivity index (χ4v) is 6.25. The second-order valence-electron chi connectivity index (χ2n) is 12.8. The van der Waals surface area contributed by atoms with E-state index in [4.69, 9.17) is 14.2 Å². The highest BCUT2D eigenvalue weighted by Crippen LogP contribution is 2.47. The number of aliphatic carboxylic acids is 1. The van der Waals surface area contributed by atoms with Gasteiger partial charge in [-0.2, -0.15) is 0 Å². The number of carbonyl (C=O) groups is 3. The summed E-state index contributed by atoms with van der Waals surface area (Å²) in [6.45, 7) is 9.55. The molecule has 3 rings (SSSR count). The second kappa shape index (κ2) is 15.6. The molecule has 0 aliphatic carbocycles. The molecular formula is C32H53N4O7+. The molecule has 1 aromatic carbocycles.